The molecule has 0 spiro atoms. The van der Waals surface area contributed by atoms with Crippen molar-refractivity contribution in [3.8, 4) is 0 Å². The van der Waals surface area contributed by atoms with Crippen LogP contribution in [0.4, 0.5) is 5.69 Å². The minimum atomic E-state index is -2.88. The van der Waals surface area contributed by atoms with Gasteiger partial charge in [0, 0.05) is 5.02 Å². The van der Waals surface area contributed by atoms with Crippen molar-refractivity contribution in [3.63, 3.8) is 0 Å². The summed E-state index contributed by atoms with van der Waals surface area (Å²) in [5.41, 5.74) is -0.185. The molecule has 0 amide bonds. The van der Waals surface area contributed by atoms with E-state index in [2.05, 4.69) is 0 Å². The van der Waals surface area contributed by atoms with Gasteiger partial charge in [0.2, 0.25) is 10.9 Å². The number of hydrogen-bond acceptors (Lipinski definition) is 3. The second-order valence-corrected chi connectivity index (χ2v) is 3.54. The van der Waals surface area contributed by atoms with Gasteiger partial charge < -0.3 is 5.11 Å². The van der Waals surface area contributed by atoms with E-state index in [-0.39, 0.29) is 16.3 Å². The maximum Gasteiger partial charge on any atom is 0.337 e. The molecule has 0 bridgehead atoms. The van der Waals surface area contributed by atoms with Crippen molar-refractivity contribution < 1.29 is 18.3 Å². The first kappa shape index (κ1) is 10.8. The average Bonchev–Trinajstić information content (AvgIpc) is 2.07. The molecule has 14 heavy (non-hydrogen) atoms. The van der Waals surface area contributed by atoms with Gasteiger partial charge in [0.1, 0.15) is 0 Å². The molecule has 0 saturated carbocycles. The zero-order valence-corrected chi connectivity index (χ0v) is 8.38. The third-order valence-electron chi connectivity index (χ3n) is 1.42. The molecule has 0 unspecified atom stereocenters. The van der Waals surface area contributed by atoms with Gasteiger partial charge in [-0.25, -0.2) is 13.2 Å². The number of hydrogen-bond donors (Lipinski definition) is 3. The Balaban J connectivity index is 3.21. The molecule has 0 saturated heterocycles. The summed E-state index contributed by atoms with van der Waals surface area (Å²) in [6, 6.07) is 3.86. The highest BCUT2D eigenvalue weighted by molar-refractivity contribution is 7.73. The predicted octanol–water partition coefficient (Wildman–Crippen LogP) is 0.976. The molecule has 5 nitrogen and oxygen atoms in total. The van der Waals surface area contributed by atoms with Crippen LogP contribution in [0, 0.1) is 0 Å². The molecular formula is C7H6ClNO4S. The van der Waals surface area contributed by atoms with Crippen LogP contribution < -0.4 is 4.72 Å². The highest BCUT2D eigenvalue weighted by atomic mass is 35.5. The van der Waals surface area contributed by atoms with Crippen LogP contribution in [0.1, 0.15) is 10.4 Å². The first-order valence-corrected chi connectivity index (χ1v) is 5.00. The normalized spacial score (nSPS) is 10.1. The molecule has 7 heteroatoms. The van der Waals surface area contributed by atoms with Crippen molar-refractivity contribution in [1.29, 1.82) is 0 Å². The summed E-state index contributed by atoms with van der Waals surface area (Å²) in [7, 11) is -2.88. The maximum absolute atomic E-state index is 10.7. The Labute approximate surface area is 86.4 Å². The van der Waals surface area contributed by atoms with Crippen LogP contribution >= 0.6 is 11.6 Å². The van der Waals surface area contributed by atoms with Crippen LogP contribution in [-0.4, -0.2) is 19.5 Å². The second kappa shape index (κ2) is 4.30. The summed E-state index contributed by atoms with van der Waals surface area (Å²) >= 11 is 5.56. The number of carbonyl (C=O) groups is 1. The fourth-order valence-corrected chi connectivity index (χ4v) is 1.45. The van der Waals surface area contributed by atoms with Gasteiger partial charge in [-0.2, -0.15) is 0 Å². The Morgan fingerprint density at radius 2 is 2.07 bits per heavy atom. The number of anilines is 1. The number of halogens is 1. The Hall–Kier alpha value is -1.27. The monoisotopic (exact) mass is 235 g/mol. The molecule has 0 heterocycles. The summed E-state index contributed by atoms with van der Waals surface area (Å²) < 4.78 is 22.7. The molecule has 0 aromatic heterocycles. The summed E-state index contributed by atoms with van der Waals surface area (Å²) in [4.78, 5) is 10.7. The lowest BCUT2D eigenvalue weighted by atomic mass is 10.2. The number of carboxylic acid groups (broad SMARTS) is 1. The van der Waals surface area contributed by atoms with Crippen LogP contribution in [0.3, 0.4) is 0 Å². The molecular weight excluding hydrogens is 230 g/mol. The number of aromatic carboxylic acids is 1. The molecule has 1 aromatic rings. The van der Waals surface area contributed by atoms with Crippen molar-refractivity contribution in [3.05, 3.63) is 28.8 Å². The van der Waals surface area contributed by atoms with E-state index in [1.807, 2.05) is 4.72 Å². The second-order valence-electron chi connectivity index (χ2n) is 2.36. The summed E-state index contributed by atoms with van der Waals surface area (Å²) in [6.45, 7) is 0. The maximum atomic E-state index is 10.7. The SMILES string of the molecule is O=C(O)c1cc(Cl)ccc1N[SH](=O)=O. The Morgan fingerprint density at radius 3 is 2.57 bits per heavy atom. The quantitative estimate of drug-likeness (QED) is 0.682. The highest BCUT2D eigenvalue weighted by Crippen LogP contribution is 2.20. The van der Waals surface area contributed by atoms with Gasteiger partial charge in [-0.05, 0) is 18.2 Å². The van der Waals surface area contributed by atoms with Gasteiger partial charge >= 0.3 is 5.97 Å². The van der Waals surface area contributed by atoms with Gasteiger partial charge in [0.05, 0.1) is 11.3 Å². The molecule has 1 aromatic carbocycles. The molecule has 2 N–H and O–H groups in total. The topological polar surface area (TPSA) is 83.5 Å². The first-order valence-electron chi connectivity index (χ1n) is 3.44. The molecule has 0 aliphatic rings. The number of rotatable bonds is 3. The van der Waals surface area contributed by atoms with Gasteiger partial charge in [0.15, 0.2) is 0 Å². The van der Waals surface area contributed by atoms with Crippen molar-refractivity contribution >= 4 is 34.1 Å². The minimum absolute atomic E-state index is 0.00184. The van der Waals surface area contributed by atoms with Crippen molar-refractivity contribution in [2.75, 3.05) is 4.72 Å². The average molecular weight is 236 g/mol. The van der Waals surface area contributed by atoms with Crippen molar-refractivity contribution in [1.82, 2.24) is 0 Å². The van der Waals surface area contributed by atoms with E-state index in [0.717, 1.165) is 0 Å². The van der Waals surface area contributed by atoms with Crippen LogP contribution in [0.25, 0.3) is 0 Å². The lowest BCUT2D eigenvalue weighted by Gasteiger charge is -2.03. The van der Waals surface area contributed by atoms with Crippen LogP contribution in [0.5, 0.6) is 0 Å². The fraction of sp³-hybridized carbons (Fsp3) is 0. The number of benzene rings is 1. The van der Waals surface area contributed by atoms with E-state index in [0.29, 0.717) is 0 Å². The lowest BCUT2D eigenvalue weighted by molar-refractivity contribution is 0.0698. The molecule has 0 aliphatic carbocycles. The van der Waals surface area contributed by atoms with E-state index in [1.165, 1.54) is 18.2 Å². The van der Waals surface area contributed by atoms with Gasteiger partial charge in [-0.1, -0.05) is 11.6 Å². The third-order valence-corrected chi connectivity index (χ3v) is 2.08. The first-order chi connectivity index (χ1) is 6.50. The fourth-order valence-electron chi connectivity index (χ4n) is 0.889. The smallest absolute Gasteiger partial charge is 0.337 e. The highest BCUT2D eigenvalue weighted by Gasteiger charge is 2.10. The zero-order valence-electron chi connectivity index (χ0n) is 6.73. The van der Waals surface area contributed by atoms with Gasteiger partial charge in [-0.15, -0.1) is 0 Å². The Bertz CT molecular complexity index is 435. The van der Waals surface area contributed by atoms with Crippen molar-refractivity contribution in [2.24, 2.45) is 0 Å². The third kappa shape index (κ3) is 2.61. The van der Waals surface area contributed by atoms with E-state index < -0.39 is 16.9 Å². The van der Waals surface area contributed by atoms with E-state index in [4.69, 9.17) is 16.7 Å². The number of thiol groups is 1. The van der Waals surface area contributed by atoms with Crippen LogP contribution in [-0.2, 0) is 10.9 Å². The number of carboxylic acids is 1. The summed E-state index contributed by atoms with van der Waals surface area (Å²) in [5.74, 6) is -1.24. The van der Waals surface area contributed by atoms with E-state index >= 15 is 0 Å². The minimum Gasteiger partial charge on any atom is -0.478 e. The van der Waals surface area contributed by atoms with Gasteiger partial charge in [0.25, 0.3) is 0 Å². The molecule has 76 valence electrons. The molecule has 0 aliphatic heterocycles. The van der Waals surface area contributed by atoms with Gasteiger partial charge in [-0.3, -0.25) is 4.72 Å². The summed E-state index contributed by atoms with van der Waals surface area (Å²) in [6.07, 6.45) is 0. The lowest BCUT2D eigenvalue weighted by Crippen LogP contribution is -2.04. The molecule has 0 fully saturated rings. The zero-order chi connectivity index (χ0) is 10.7. The Kier molecular flexibility index (Phi) is 3.32. The molecule has 0 radical (unpaired) electrons. The standard InChI is InChI=1S/C7H6ClNO4S/c8-4-1-2-6(9-14(12)13)5(3-4)7(10)11/h1-3,14H,(H,10,11)(H,9,12,13). The van der Waals surface area contributed by atoms with Crippen LogP contribution in [0.2, 0.25) is 5.02 Å². The molecule has 0 atom stereocenters. The largest absolute Gasteiger partial charge is 0.478 e. The van der Waals surface area contributed by atoms with E-state index in [9.17, 15) is 13.2 Å². The van der Waals surface area contributed by atoms with E-state index in [1.54, 1.807) is 0 Å². The Morgan fingerprint density at radius 1 is 1.43 bits per heavy atom. The van der Waals surface area contributed by atoms with Crippen molar-refractivity contribution in [2.45, 2.75) is 0 Å². The van der Waals surface area contributed by atoms with Crippen LogP contribution in [0.15, 0.2) is 18.2 Å². The predicted molar refractivity (Wildman–Crippen MR) is 52.3 cm³/mol. The summed E-state index contributed by atoms with van der Waals surface area (Å²) in [5, 5.41) is 8.94. The molecule has 1 rings (SSSR count). The number of nitrogens with one attached hydrogen (secondary N) is 1.